The monoisotopic (exact) mass is 391 g/mol. The van der Waals surface area contributed by atoms with Gasteiger partial charge >= 0.3 is 0 Å². The molecule has 146 valence electrons. The highest BCUT2D eigenvalue weighted by Gasteiger charge is 2.49. The van der Waals surface area contributed by atoms with Crippen LogP contribution in [0.3, 0.4) is 0 Å². The lowest BCUT2D eigenvalue weighted by Crippen LogP contribution is -2.41. The number of hydrogen-bond acceptors (Lipinski definition) is 3. The van der Waals surface area contributed by atoms with Crippen LogP contribution in [0.4, 0.5) is 0 Å². The highest BCUT2D eigenvalue weighted by atomic mass is 16.2. The molecule has 4 aromatic carbocycles. The Balaban J connectivity index is 1.75. The van der Waals surface area contributed by atoms with Gasteiger partial charge in [0, 0.05) is 7.05 Å². The Morgan fingerprint density at radius 1 is 0.800 bits per heavy atom. The molecule has 0 saturated carbocycles. The molecule has 4 aromatic rings. The van der Waals surface area contributed by atoms with Crippen LogP contribution < -0.4 is 5.73 Å². The van der Waals surface area contributed by atoms with Crippen molar-refractivity contribution in [1.29, 1.82) is 0 Å². The first-order valence-corrected chi connectivity index (χ1v) is 9.89. The first kappa shape index (κ1) is 18.1. The number of fused-ring (bicyclic) bond motifs is 1. The summed E-state index contributed by atoms with van der Waals surface area (Å²) in [5, 5.41) is 2.35. The van der Waals surface area contributed by atoms with E-state index in [-0.39, 0.29) is 11.9 Å². The van der Waals surface area contributed by atoms with E-state index in [4.69, 9.17) is 10.7 Å². The maximum atomic E-state index is 13.4. The van der Waals surface area contributed by atoms with Gasteiger partial charge in [-0.25, -0.2) is 4.99 Å². The molecule has 1 atom stereocenters. The van der Waals surface area contributed by atoms with Gasteiger partial charge in [-0.15, -0.1) is 0 Å². The lowest BCUT2D eigenvalue weighted by molar-refractivity contribution is -0.129. The van der Waals surface area contributed by atoms with Crippen LogP contribution in [0.25, 0.3) is 21.9 Å². The zero-order valence-electron chi connectivity index (χ0n) is 16.6. The molecule has 4 heteroatoms. The zero-order valence-corrected chi connectivity index (χ0v) is 16.6. The lowest BCUT2D eigenvalue weighted by Gasteiger charge is -2.26. The second-order valence-electron chi connectivity index (χ2n) is 7.52. The fourth-order valence-corrected chi connectivity index (χ4v) is 4.25. The molecule has 5 rings (SSSR count). The molecule has 1 aliphatic rings. The van der Waals surface area contributed by atoms with Gasteiger partial charge in [-0.3, -0.25) is 9.69 Å². The predicted molar refractivity (Wildman–Crippen MR) is 121 cm³/mol. The first-order valence-electron chi connectivity index (χ1n) is 9.89. The molecule has 1 amide bonds. The third-order valence-electron chi connectivity index (χ3n) is 5.81. The minimum Gasteiger partial charge on any atom is -0.369 e. The summed E-state index contributed by atoms with van der Waals surface area (Å²) in [6, 6.07) is 32.3. The molecule has 0 saturated heterocycles. The van der Waals surface area contributed by atoms with Crippen LogP contribution in [0.15, 0.2) is 102 Å². The van der Waals surface area contributed by atoms with Gasteiger partial charge in [0.1, 0.15) is 0 Å². The van der Waals surface area contributed by atoms with Crippen LogP contribution >= 0.6 is 0 Å². The van der Waals surface area contributed by atoms with Crippen molar-refractivity contribution in [2.24, 2.45) is 10.7 Å². The standard InChI is InChI=1S/C26H21N3O/c1-29-24(30)26(28-25(29)27,20-12-3-2-4-13-20)21-14-7-11-19(17-21)23-16-8-10-18-9-5-6-15-22(18)23/h2-17H,1H3,(H2,27,28). The quantitative estimate of drug-likeness (QED) is 0.557. The number of carbonyl (C=O) groups is 1. The van der Waals surface area contributed by atoms with Gasteiger partial charge in [0.25, 0.3) is 5.91 Å². The molecule has 0 aromatic heterocycles. The van der Waals surface area contributed by atoms with Gasteiger partial charge in [0.05, 0.1) is 0 Å². The van der Waals surface area contributed by atoms with E-state index in [0.29, 0.717) is 0 Å². The molecule has 0 fully saturated rings. The normalized spacial score (nSPS) is 18.6. The lowest BCUT2D eigenvalue weighted by atomic mass is 9.81. The number of nitrogens with two attached hydrogens (primary N) is 1. The van der Waals surface area contributed by atoms with E-state index in [1.165, 1.54) is 15.7 Å². The third-order valence-corrected chi connectivity index (χ3v) is 5.81. The second-order valence-corrected chi connectivity index (χ2v) is 7.52. The Morgan fingerprint density at radius 3 is 2.23 bits per heavy atom. The van der Waals surface area contributed by atoms with E-state index < -0.39 is 5.54 Å². The summed E-state index contributed by atoms with van der Waals surface area (Å²) in [5.41, 5.74) is 8.68. The van der Waals surface area contributed by atoms with E-state index in [1.54, 1.807) is 7.05 Å². The summed E-state index contributed by atoms with van der Waals surface area (Å²) in [7, 11) is 1.67. The highest BCUT2D eigenvalue weighted by Crippen LogP contribution is 2.41. The van der Waals surface area contributed by atoms with Crippen molar-refractivity contribution in [3.63, 3.8) is 0 Å². The van der Waals surface area contributed by atoms with Crippen molar-refractivity contribution in [3.05, 3.63) is 108 Å². The molecule has 2 N–H and O–H groups in total. The van der Waals surface area contributed by atoms with E-state index in [0.717, 1.165) is 22.3 Å². The van der Waals surface area contributed by atoms with Crippen molar-refractivity contribution < 1.29 is 4.79 Å². The molecule has 0 radical (unpaired) electrons. The number of carbonyl (C=O) groups excluding carboxylic acids is 1. The van der Waals surface area contributed by atoms with Crippen LogP contribution in [-0.2, 0) is 10.3 Å². The van der Waals surface area contributed by atoms with Gasteiger partial charge in [0.2, 0.25) is 0 Å². The number of likely N-dealkylation sites (N-methyl/N-ethyl adjacent to an activating group) is 1. The fourth-order valence-electron chi connectivity index (χ4n) is 4.25. The molecular weight excluding hydrogens is 370 g/mol. The molecule has 1 aliphatic heterocycles. The number of aliphatic imine (C=N–C) groups is 1. The van der Waals surface area contributed by atoms with Crippen LogP contribution in [0, 0.1) is 0 Å². The van der Waals surface area contributed by atoms with E-state index in [2.05, 4.69) is 42.5 Å². The summed E-state index contributed by atoms with van der Waals surface area (Å²) < 4.78 is 0. The zero-order chi connectivity index (χ0) is 20.7. The number of hydrogen-bond donors (Lipinski definition) is 1. The van der Waals surface area contributed by atoms with E-state index in [1.807, 2.05) is 54.6 Å². The average molecular weight is 391 g/mol. The molecular formula is C26H21N3O. The van der Waals surface area contributed by atoms with Gasteiger partial charge in [-0.1, -0.05) is 91.0 Å². The fraction of sp³-hybridized carbons (Fsp3) is 0.0769. The van der Waals surface area contributed by atoms with Gasteiger partial charge in [-0.05, 0) is 39.1 Å². The van der Waals surface area contributed by atoms with Crippen molar-refractivity contribution in [2.45, 2.75) is 5.54 Å². The van der Waals surface area contributed by atoms with Gasteiger partial charge in [0.15, 0.2) is 11.5 Å². The van der Waals surface area contributed by atoms with Crippen LogP contribution in [0.1, 0.15) is 11.1 Å². The summed E-state index contributed by atoms with van der Waals surface area (Å²) in [6.45, 7) is 0. The SMILES string of the molecule is CN1C(=O)C(c2ccccc2)(c2cccc(-c3cccc4ccccc34)c2)N=C1N. The molecule has 1 unspecified atom stereocenters. The third kappa shape index (κ3) is 2.61. The summed E-state index contributed by atoms with van der Waals surface area (Å²) in [6.07, 6.45) is 0. The summed E-state index contributed by atoms with van der Waals surface area (Å²) in [4.78, 5) is 19.5. The Kier molecular flexibility index (Phi) is 4.14. The van der Waals surface area contributed by atoms with Crippen LogP contribution in [0.5, 0.6) is 0 Å². The second kappa shape index (κ2) is 6.85. The van der Waals surface area contributed by atoms with Crippen molar-refractivity contribution in [3.8, 4) is 11.1 Å². The minimum absolute atomic E-state index is 0.152. The smallest absolute Gasteiger partial charge is 0.266 e. The van der Waals surface area contributed by atoms with Crippen molar-refractivity contribution >= 4 is 22.6 Å². The average Bonchev–Trinajstić information content (AvgIpc) is 3.04. The molecule has 0 aliphatic carbocycles. The first-order chi connectivity index (χ1) is 14.6. The maximum Gasteiger partial charge on any atom is 0.266 e. The highest BCUT2D eigenvalue weighted by molar-refractivity contribution is 6.09. The van der Waals surface area contributed by atoms with Gasteiger partial charge in [-0.2, -0.15) is 0 Å². The predicted octanol–water partition coefficient (Wildman–Crippen LogP) is 4.54. The molecule has 30 heavy (non-hydrogen) atoms. The van der Waals surface area contributed by atoms with Crippen molar-refractivity contribution in [2.75, 3.05) is 7.05 Å². The van der Waals surface area contributed by atoms with E-state index >= 15 is 0 Å². The largest absolute Gasteiger partial charge is 0.369 e. The Labute approximate surface area is 175 Å². The van der Waals surface area contributed by atoms with Gasteiger partial charge < -0.3 is 5.73 Å². The van der Waals surface area contributed by atoms with Crippen LogP contribution in [0.2, 0.25) is 0 Å². The molecule has 0 bridgehead atoms. The Bertz CT molecular complexity index is 1290. The van der Waals surface area contributed by atoms with Crippen molar-refractivity contribution in [1.82, 2.24) is 4.90 Å². The summed E-state index contributed by atoms with van der Waals surface area (Å²) in [5.74, 6) is 0.0701. The number of benzene rings is 4. The maximum absolute atomic E-state index is 13.4. The molecule has 0 spiro atoms. The topological polar surface area (TPSA) is 58.7 Å². The number of nitrogens with zero attached hydrogens (tertiary/aromatic N) is 2. The van der Waals surface area contributed by atoms with Crippen LogP contribution in [-0.4, -0.2) is 23.8 Å². The number of guanidine groups is 1. The molecule has 4 nitrogen and oxygen atoms in total. The molecule has 1 heterocycles. The minimum atomic E-state index is -1.18. The Hall–Kier alpha value is -3.92. The number of rotatable bonds is 3. The van der Waals surface area contributed by atoms with E-state index in [9.17, 15) is 4.79 Å². The number of amides is 1. The Morgan fingerprint density at radius 2 is 1.47 bits per heavy atom. The summed E-state index contributed by atoms with van der Waals surface area (Å²) >= 11 is 0.